The van der Waals surface area contributed by atoms with Crippen LogP contribution < -0.4 is 16.2 Å². The molecule has 0 spiro atoms. The third-order valence-electron chi connectivity index (χ3n) is 6.93. The number of carbonyl (C=O) groups excluding carboxylic acids is 1. The van der Waals surface area contributed by atoms with E-state index in [0.717, 1.165) is 47.5 Å². The zero-order chi connectivity index (χ0) is 25.9. The van der Waals surface area contributed by atoms with Gasteiger partial charge in [-0.1, -0.05) is 32.0 Å². The zero-order valence-corrected chi connectivity index (χ0v) is 21.2. The van der Waals surface area contributed by atoms with Crippen LogP contribution in [0.15, 0.2) is 60.9 Å². The van der Waals surface area contributed by atoms with Crippen LogP contribution in [-0.2, 0) is 11.3 Å². The van der Waals surface area contributed by atoms with Gasteiger partial charge in [-0.3, -0.25) is 4.79 Å². The predicted molar refractivity (Wildman–Crippen MR) is 144 cm³/mol. The van der Waals surface area contributed by atoms with Gasteiger partial charge in [0.25, 0.3) is 0 Å². The average molecular weight is 500 g/mol. The van der Waals surface area contributed by atoms with Gasteiger partial charge in [-0.05, 0) is 61.1 Å². The number of anilines is 1. The molecule has 192 valence electrons. The first kappa shape index (κ1) is 24.7. The molecule has 0 saturated carbocycles. The molecule has 2 aromatic heterocycles. The molecule has 1 aliphatic heterocycles. The number of hydrogen-bond acceptors (Lipinski definition) is 7. The largest absolute Gasteiger partial charge is 0.457 e. The lowest BCUT2D eigenvalue weighted by Crippen LogP contribution is -2.50. The number of nitrogen functional groups attached to an aromatic ring is 1. The van der Waals surface area contributed by atoms with Crippen molar-refractivity contribution in [2.75, 3.05) is 18.8 Å². The van der Waals surface area contributed by atoms with E-state index in [1.807, 2.05) is 78.0 Å². The molecule has 2 atom stereocenters. The molecule has 4 aromatic rings. The van der Waals surface area contributed by atoms with E-state index < -0.39 is 6.04 Å². The summed E-state index contributed by atoms with van der Waals surface area (Å²) in [4.78, 5) is 23.5. The van der Waals surface area contributed by atoms with Crippen molar-refractivity contribution in [3.63, 3.8) is 0 Å². The minimum atomic E-state index is -0.475. The first-order valence-corrected chi connectivity index (χ1v) is 12.8. The van der Waals surface area contributed by atoms with E-state index in [4.69, 9.17) is 21.3 Å². The van der Waals surface area contributed by atoms with Gasteiger partial charge in [0.1, 0.15) is 29.3 Å². The number of para-hydroxylation sites is 1. The van der Waals surface area contributed by atoms with E-state index in [0.29, 0.717) is 24.6 Å². The van der Waals surface area contributed by atoms with E-state index in [-0.39, 0.29) is 17.7 Å². The topological polar surface area (TPSA) is 125 Å². The normalized spacial score (nSPS) is 16.8. The van der Waals surface area contributed by atoms with Crippen LogP contribution in [0.3, 0.4) is 0 Å². The van der Waals surface area contributed by atoms with Gasteiger partial charge in [0, 0.05) is 25.2 Å². The molecule has 0 radical (unpaired) electrons. The molecule has 1 fully saturated rings. The molecule has 0 unspecified atom stereocenters. The molecule has 1 amide bonds. The smallest absolute Gasteiger partial charge is 0.239 e. The van der Waals surface area contributed by atoms with Crippen LogP contribution in [0.2, 0.25) is 0 Å². The van der Waals surface area contributed by atoms with Crippen LogP contribution in [0.4, 0.5) is 5.82 Å². The van der Waals surface area contributed by atoms with E-state index in [1.165, 1.54) is 6.33 Å². The molecule has 4 N–H and O–H groups in total. The SMILES string of the molecule is CC(C)[C@@H](N)C(=O)N1CCC[C@@H](Cn2nc(-c3ccc(Oc4ccccc4)cc3)c3c(N)ncnc32)C1. The Bertz CT molecular complexity index is 1370. The summed E-state index contributed by atoms with van der Waals surface area (Å²) in [5, 5.41) is 5.65. The van der Waals surface area contributed by atoms with Crippen molar-refractivity contribution in [1.82, 2.24) is 24.6 Å². The quantitative estimate of drug-likeness (QED) is 0.392. The summed E-state index contributed by atoms with van der Waals surface area (Å²) >= 11 is 0. The van der Waals surface area contributed by atoms with Crippen molar-refractivity contribution in [2.45, 2.75) is 39.3 Å². The Hall–Kier alpha value is -3.98. The molecule has 1 saturated heterocycles. The first-order chi connectivity index (χ1) is 17.9. The lowest BCUT2D eigenvalue weighted by Gasteiger charge is -2.35. The standard InChI is InChI=1S/C28H33N7O2/c1-18(2)24(29)28(36)34-14-6-7-19(15-34)16-35-27-23(26(30)31-17-32-27)25(33-35)20-10-12-22(13-11-20)37-21-8-4-3-5-9-21/h3-5,8-13,17-19,24H,6-7,14-16,29H2,1-2H3,(H2,30,31,32)/t19-,24-/m1/s1. The fourth-order valence-corrected chi connectivity index (χ4v) is 4.82. The third kappa shape index (κ3) is 5.27. The van der Waals surface area contributed by atoms with Gasteiger partial charge in [-0.25, -0.2) is 14.6 Å². The maximum atomic E-state index is 12.9. The Morgan fingerprint density at radius 1 is 1.08 bits per heavy atom. The summed E-state index contributed by atoms with van der Waals surface area (Å²) in [5.74, 6) is 2.27. The molecule has 2 aromatic carbocycles. The number of hydrogen-bond donors (Lipinski definition) is 2. The number of nitrogens with two attached hydrogens (primary N) is 2. The van der Waals surface area contributed by atoms with Crippen molar-refractivity contribution >= 4 is 22.8 Å². The second-order valence-electron chi connectivity index (χ2n) is 9.99. The monoisotopic (exact) mass is 499 g/mol. The summed E-state index contributed by atoms with van der Waals surface area (Å²) in [6, 6.07) is 16.9. The highest BCUT2D eigenvalue weighted by Crippen LogP contribution is 2.33. The van der Waals surface area contributed by atoms with Gasteiger partial charge in [-0.15, -0.1) is 0 Å². The summed E-state index contributed by atoms with van der Waals surface area (Å²) < 4.78 is 7.83. The molecular formula is C28H33N7O2. The number of piperidine rings is 1. The number of carbonyl (C=O) groups is 1. The average Bonchev–Trinajstić information content (AvgIpc) is 3.28. The number of amides is 1. The Morgan fingerprint density at radius 3 is 2.54 bits per heavy atom. The highest BCUT2D eigenvalue weighted by atomic mass is 16.5. The van der Waals surface area contributed by atoms with Crippen LogP contribution in [-0.4, -0.2) is 49.7 Å². The fourth-order valence-electron chi connectivity index (χ4n) is 4.82. The van der Waals surface area contributed by atoms with E-state index in [2.05, 4.69) is 9.97 Å². The second kappa shape index (κ2) is 10.6. The van der Waals surface area contributed by atoms with Gasteiger partial charge >= 0.3 is 0 Å². The van der Waals surface area contributed by atoms with Crippen molar-refractivity contribution < 1.29 is 9.53 Å². The zero-order valence-electron chi connectivity index (χ0n) is 21.2. The van der Waals surface area contributed by atoms with E-state index in [1.54, 1.807) is 0 Å². The minimum absolute atomic E-state index is 0.0232. The van der Waals surface area contributed by atoms with Crippen LogP contribution >= 0.6 is 0 Å². The Labute approximate surface area is 216 Å². The Balaban J connectivity index is 1.39. The Morgan fingerprint density at radius 2 is 1.81 bits per heavy atom. The number of fused-ring (bicyclic) bond motifs is 1. The summed E-state index contributed by atoms with van der Waals surface area (Å²) in [5.41, 5.74) is 14.8. The summed E-state index contributed by atoms with van der Waals surface area (Å²) in [6.45, 7) is 5.98. The first-order valence-electron chi connectivity index (χ1n) is 12.8. The number of rotatable bonds is 7. The van der Waals surface area contributed by atoms with E-state index in [9.17, 15) is 4.79 Å². The Kier molecular flexibility index (Phi) is 7.05. The second-order valence-corrected chi connectivity index (χ2v) is 9.99. The van der Waals surface area contributed by atoms with Crippen LogP contribution in [0.25, 0.3) is 22.3 Å². The van der Waals surface area contributed by atoms with Gasteiger partial charge in [0.05, 0.1) is 11.4 Å². The van der Waals surface area contributed by atoms with Crippen LogP contribution in [0, 0.1) is 11.8 Å². The van der Waals surface area contributed by atoms with Crippen molar-refractivity contribution in [2.24, 2.45) is 17.6 Å². The van der Waals surface area contributed by atoms with Crippen molar-refractivity contribution in [3.05, 3.63) is 60.9 Å². The number of likely N-dealkylation sites (tertiary alicyclic amines) is 1. The van der Waals surface area contributed by atoms with Crippen molar-refractivity contribution in [1.29, 1.82) is 0 Å². The fraction of sp³-hybridized carbons (Fsp3) is 0.357. The number of aromatic nitrogens is 4. The summed E-state index contributed by atoms with van der Waals surface area (Å²) in [6.07, 6.45) is 3.41. The minimum Gasteiger partial charge on any atom is -0.457 e. The van der Waals surface area contributed by atoms with Crippen molar-refractivity contribution in [3.8, 4) is 22.8 Å². The van der Waals surface area contributed by atoms with Crippen LogP contribution in [0.1, 0.15) is 26.7 Å². The lowest BCUT2D eigenvalue weighted by molar-refractivity contribution is -0.135. The lowest BCUT2D eigenvalue weighted by atomic mass is 9.96. The molecule has 0 bridgehead atoms. The highest BCUT2D eigenvalue weighted by molar-refractivity contribution is 5.98. The van der Waals surface area contributed by atoms with Gasteiger partial charge < -0.3 is 21.1 Å². The molecular weight excluding hydrogens is 466 g/mol. The third-order valence-corrected chi connectivity index (χ3v) is 6.93. The summed E-state index contributed by atoms with van der Waals surface area (Å²) in [7, 11) is 0. The van der Waals surface area contributed by atoms with E-state index >= 15 is 0 Å². The van der Waals surface area contributed by atoms with Gasteiger partial charge in [-0.2, -0.15) is 5.10 Å². The highest BCUT2D eigenvalue weighted by Gasteiger charge is 2.29. The molecule has 9 heteroatoms. The maximum absolute atomic E-state index is 12.9. The van der Waals surface area contributed by atoms with Gasteiger partial charge in [0.15, 0.2) is 5.65 Å². The number of benzene rings is 2. The molecule has 1 aliphatic rings. The molecule has 0 aliphatic carbocycles. The number of ether oxygens (including phenoxy) is 1. The predicted octanol–water partition coefficient (Wildman–Crippen LogP) is 4.09. The molecule has 5 rings (SSSR count). The number of nitrogens with zero attached hydrogens (tertiary/aromatic N) is 5. The van der Waals surface area contributed by atoms with Crippen LogP contribution in [0.5, 0.6) is 11.5 Å². The van der Waals surface area contributed by atoms with Gasteiger partial charge in [0.2, 0.25) is 5.91 Å². The molecule has 3 heterocycles. The maximum Gasteiger partial charge on any atom is 0.239 e. The molecule has 37 heavy (non-hydrogen) atoms. The molecule has 9 nitrogen and oxygen atoms in total.